The number of urea groups is 1. The Hall–Kier alpha value is -3.37. The van der Waals surface area contributed by atoms with Crippen molar-refractivity contribution in [2.24, 2.45) is 5.73 Å². The van der Waals surface area contributed by atoms with Gasteiger partial charge in [-0.15, -0.1) is 11.3 Å². The van der Waals surface area contributed by atoms with Gasteiger partial charge in [-0.25, -0.2) is 4.79 Å². The van der Waals surface area contributed by atoms with Gasteiger partial charge in [0.25, 0.3) is 0 Å². The lowest BCUT2D eigenvalue weighted by Crippen LogP contribution is -2.40. The summed E-state index contributed by atoms with van der Waals surface area (Å²) in [7, 11) is 0. The van der Waals surface area contributed by atoms with Crippen molar-refractivity contribution in [2.75, 3.05) is 6.54 Å². The molecule has 5 rings (SSSR count). The van der Waals surface area contributed by atoms with Crippen LogP contribution in [0.25, 0.3) is 10.4 Å². The van der Waals surface area contributed by atoms with Crippen LogP contribution in [0.5, 0.6) is 0 Å². The molecule has 0 spiro atoms. The van der Waals surface area contributed by atoms with E-state index in [0.29, 0.717) is 15.3 Å². The van der Waals surface area contributed by atoms with Crippen LogP contribution in [-0.4, -0.2) is 28.4 Å². The molecule has 0 radical (unpaired) electrons. The largest absolute Gasteiger partial charge is 0.417 e. The van der Waals surface area contributed by atoms with Crippen LogP contribution in [0.3, 0.4) is 0 Å². The van der Waals surface area contributed by atoms with Crippen molar-refractivity contribution in [2.45, 2.75) is 24.9 Å². The van der Waals surface area contributed by atoms with E-state index in [1.807, 2.05) is 30.3 Å². The second kappa shape index (κ2) is 7.89. The number of benzene rings is 2. The van der Waals surface area contributed by atoms with Crippen molar-refractivity contribution >= 4 is 23.3 Å². The van der Waals surface area contributed by atoms with Crippen LogP contribution in [0, 0.1) is 0 Å². The van der Waals surface area contributed by atoms with Crippen molar-refractivity contribution in [3.63, 3.8) is 0 Å². The highest BCUT2D eigenvalue weighted by atomic mass is 32.1. The number of primary amides is 1. The van der Waals surface area contributed by atoms with Crippen LogP contribution in [0.1, 0.15) is 33.7 Å². The third-order valence-electron chi connectivity index (χ3n) is 5.78. The first-order valence-electron chi connectivity index (χ1n) is 10.1. The van der Waals surface area contributed by atoms with Gasteiger partial charge in [0.2, 0.25) is 5.91 Å². The molecule has 3 heterocycles. The molecule has 1 fully saturated rings. The van der Waals surface area contributed by atoms with E-state index in [0.717, 1.165) is 23.0 Å². The first-order chi connectivity index (χ1) is 15.8. The molecular formula is C23H18F3N3O3S. The second-order valence-electron chi connectivity index (χ2n) is 7.81. The molecule has 2 atom stereocenters. The summed E-state index contributed by atoms with van der Waals surface area (Å²) in [6.07, 6.45) is -4.53. The van der Waals surface area contributed by atoms with Gasteiger partial charge < -0.3 is 10.6 Å². The monoisotopic (exact) mass is 473 g/mol. The zero-order chi connectivity index (χ0) is 23.3. The molecule has 170 valence electrons. The van der Waals surface area contributed by atoms with Gasteiger partial charge in [-0.2, -0.15) is 18.2 Å². The Balaban J connectivity index is 1.55. The van der Waals surface area contributed by atoms with Gasteiger partial charge in [0, 0.05) is 15.3 Å². The number of fused-ring (bicyclic) bond motifs is 4. The minimum absolute atomic E-state index is 0.0153. The zero-order valence-corrected chi connectivity index (χ0v) is 17.9. The van der Waals surface area contributed by atoms with E-state index in [-0.39, 0.29) is 18.7 Å². The van der Waals surface area contributed by atoms with Gasteiger partial charge in [-0.05, 0) is 23.3 Å². The quantitative estimate of drug-likeness (QED) is 0.574. The highest BCUT2D eigenvalue weighted by Gasteiger charge is 2.51. The first kappa shape index (κ1) is 21.5. The van der Waals surface area contributed by atoms with Crippen LogP contribution in [0.4, 0.5) is 18.0 Å². The Bertz CT molecular complexity index is 1230. The molecule has 10 heteroatoms. The third kappa shape index (κ3) is 3.65. The van der Waals surface area contributed by atoms with Crippen LogP contribution in [0.2, 0.25) is 0 Å². The minimum Gasteiger partial charge on any atom is -0.368 e. The van der Waals surface area contributed by atoms with E-state index in [4.69, 9.17) is 10.6 Å². The summed E-state index contributed by atoms with van der Waals surface area (Å²) in [6, 6.07) is 14.0. The van der Waals surface area contributed by atoms with E-state index in [1.165, 1.54) is 28.2 Å². The SMILES string of the molecule is NC(=O)C1c2sc(-c3ccccc3C(F)(F)F)cc2C2CN1C(=O)N2OCc1ccccc1. The summed E-state index contributed by atoms with van der Waals surface area (Å²) in [5, 5.41) is 1.20. The topological polar surface area (TPSA) is 75.9 Å². The maximum atomic E-state index is 13.6. The smallest absolute Gasteiger partial charge is 0.368 e. The van der Waals surface area contributed by atoms with E-state index >= 15 is 0 Å². The number of rotatable bonds is 5. The Morgan fingerprint density at radius 2 is 1.82 bits per heavy atom. The summed E-state index contributed by atoms with van der Waals surface area (Å²) in [6.45, 7) is 0.284. The molecule has 1 saturated heterocycles. The van der Waals surface area contributed by atoms with E-state index < -0.39 is 35.8 Å². The fourth-order valence-electron chi connectivity index (χ4n) is 4.30. The van der Waals surface area contributed by atoms with Crippen molar-refractivity contribution in [3.05, 3.63) is 82.2 Å². The average molecular weight is 473 g/mol. The van der Waals surface area contributed by atoms with Gasteiger partial charge in [0.1, 0.15) is 18.7 Å². The molecule has 0 saturated carbocycles. The maximum absolute atomic E-state index is 13.6. The predicted octanol–water partition coefficient (Wildman–Crippen LogP) is 4.88. The normalized spacial score (nSPS) is 19.7. The molecule has 2 aliphatic rings. The highest BCUT2D eigenvalue weighted by molar-refractivity contribution is 7.16. The number of nitrogens with zero attached hydrogens (tertiary/aromatic N) is 2. The summed E-state index contributed by atoms with van der Waals surface area (Å²) < 4.78 is 40.8. The molecule has 1 aromatic heterocycles. The number of hydroxylamine groups is 2. The predicted molar refractivity (Wildman–Crippen MR) is 115 cm³/mol. The molecular weight excluding hydrogens is 455 g/mol. The molecule has 6 nitrogen and oxygen atoms in total. The van der Waals surface area contributed by atoms with Crippen LogP contribution in [0.15, 0.2) is 60.7 Å². The lowest BCUT2D eigenvalue weighted by molar-refractivity contribution is -0.141. The molecule has 0 aliphatic carbocycles. The minimum atomic E-state index is -4.53. The summed E-state index contributed by atoms with van der Waals surface area (Å²) in [4.78, 5) is 33.2. The zero-order valence-electron chi connectivity index (χ0n) is 17.1. The van der Waals surface area contributed by atoms with E-state index in [2.05, 4.69) is 0 Å². The molecule has 2 unspecified atom stereocenters. The van der Waals surface area contributed by atoms with Gasteiger partial charge in [-0.3, -0.25) is 9.63 Å². The number of carbonyl (C=O) groups is 2. The number of amides is 3. The molecule has 2 bridgehead atoms. The fraction of sp³-hybridized carbons (Fsp3) is 0.217. The maximum Gasteiger partial charge on any atom is 0.417 e. The second-order valence-corrected chi connectivity index (χ2v) is 8.90. The summed E-state index contributed by atoms with van der Waals surface area (Å²) in [5.41, 5.74) is 6.29. The lowest BCUT2D eigenvalue weighted by Gasteiger charge is -2.28. The van der Waals surface area contributed by atoms with Crippen molar-refractivity contribution in [3.8, 4) is 10.4 Å². The van der Waals surface area contributed by atoms with Crippen molar-refractivity contribution in [1.82, 2.24) is 9.96 Å². The van der Waals surface area contributed by atoms with Crippen LogP contribution >= 0.6 is 11.3 Å². The number of halogens is 3. The lowest BCUT2D eigenvalue weighted by atomic mass is 9.97. The van der Waals surface area contributed by atoms with Gasteiger partial charge in [0.15, 0.2) is 0 Å². The summed E-state index contributed by atoms with van der Waals surface area (Å²) in [5.74, 6) is -0.745. The third-order valence-corrected chi connectivity index (χ3v) is 7.01. The molecule has 3 amide bonds. The number of thiophene rings is 1. The average Bonchev–Trinajstić information content (AvgIpc) is 3.34. The number of hydrogen-bond donors (Lipinski definition) is 1. The standard InChI is InChI=1S/C23H18F3N3O3S/c24-23(25,26)16-9-5-4-8-14(16)18-10-15-17-11-28(19(21(27)30)20(15)33-18)22(31)29(17)32-12-13-6-2-1-3-7-13/h1-10,17,19H,11-12H2,(H2,27,30). The van der Waals surface area contributed by atoms with Crippen LogP contribution < -0.4 is 5.73 Å². The van der Waals surface area contributed by atoms with Crippen LogP contribution in [-0.2, 0) is 22.4 Å². The van der Waals surface area contributed by atoms with E-state index in [9.17, 15) is 22.8 Å². The number of carbonyl (C=O) groups excluding carboxylic acids is 2. The van der Waals surface area contributed by atoms with Gasteiger partial charge >= 0.3 is 12.2 Å². The molecule has 33 heavy (non-hydrogen) atoms. The Morgan fingerprint density at radius 3 is 2.52 bits per heavy atom. The Labute approximate surface area is 190 Å². The highest BCUT2D eigenvalue weighted by Crippen LogP contribution is 2.50. The molecule has 2 N–H and O–H groups in total. The van der Waals surface area contributed by atoms with Crippen molar-refractivity contribution in [1.29, 1.82) is 0 Å². The first-order valence-corrected chi connectivity index (χ1v) is 10.9. The van der Waals surface area contributed by atoms with Gasteiger partial charge in [-0.1, -0.05) is 48.5 Å². The number of alkyl halides is 3. The number of nitrogens with two attached hydrogens (primary N) is 1. The molecule has 2 aromatic carbocycles. The van der Waals surface area contributed by atoms with Crippen molar-refractivity contribution < 1.29 is 27.6 Å². The Kier molecular flexibility index (Phi) is 5.13. The number of hydrogen-bond acceptors (Lipinski definition) is 4. The molecule has 3 aromatic rings. The molecule has 2 aliphatic heterocycles. The Morgan fingerprint density at radius 1 is 1.12 bits per heavy atom. The summed E-state index contributed by atoms with van der Waals surface area (Å²) >= 11 is 1.04. The fourth-order valence-corrected chi connectivity index (χ4v) is 5.68. The van der Waals surface area contributed by atoms with Gasteiger partial charge in [0.05, 0.1) is 12.1 Å². The van der Waals surface area contributed by atoms with E-state index in [1.54, 1.807) is 6.07 Å².